The normalized spacial score (nSPS) is 12.9. The summed E-state index contributed by atoms with van der Waals surface area (Å²) >= 11 is 0. The molecule has 0 saturated carbocycles. The van der Waals surface area contributed by atoms with Crippen molar-refractivity contribution in [2.24, 2.45) is 0 Å². The van der Waals surface area contributed by atoms with E-state index in [1.165, 1.54) is 80.8 Å². The van der Waals surface area contributed by atoms with Crippen LogP contribution >= 0.6 is 0 Å². The van der Waals surface area contributed by atoms with E-state index in [-0.39, 0.29) is 0 Å². The Morgan fingerprint density at radius 1 is 0.200 bits per heavy atom. The minimum Gasteiger partial charge on any atom is -0.264 e. The van der Waals surface area contributed by atoms with Gasteiger partial charge in [0.1, 0.15) is 0 Å². The van der Waals surface area contributed by atoms with Crippen molar-refractivity contribution in [3.05, 3.63) is 315 Å². The van der Waals surface area contributed by atoms with Gasteiger partial charge < -0.3 is 0 Å². The molecule has 468 valence electrons. The first kappa shape index (κ1) is 44.3. The number of rotatable bonds is 0. The smallest absolute Gasteiger partial charge is 0.0802 e. The zero-order chi connectivity index (χ0) is 85.6. The van der Waals surface area contributed by atoms with Crippen molar-refractivity contribution >= 4 is 162 Å². The van der Waals surface area contributed by atoms with E-state index in [0.29, 0.717) is 34.5 Å². The van der Waals surface area contributed by atoms with Crippen molar-refractivity contribution in [2.75, 3.05) is 0 Å². The Bertz CT molecular complexity index is 5530. The quantitative estimate of drug-likeness (QED) is 0.138. The van der Waals surface area contributed by atoms with Crippen LogP contribution in [0.4, 0.5) is 0 Å². The molecule has 0 unspecified atom stereocenters. The highest BCUT2D eigenvalue weighted by atomic mass is 14.7. The van der Waals surface area contributed by atoms with E-state index >= 15 is 0 Å². The summed E-state index contributed by atoms with van der Waals surface area (Å²) in [5.74, 6) is 0. The summed E-state index contributed by atoms with van der Waals surface area (Å²) in [7, 11) is 0. The number of nitrogens with zero attached hydrogens (tertiary/aromatic N) is 8. The second kappa shape index (κ2) is 24.4. The van der Waals surface area contributed by atoms with E-state index in [0.717, 1.165) is 109 Å². The van der Waals surface area contributed by atoms with Crippen LogP contribution in [0.5, 0.6) is 0 Å². The predicted octanol–water partition coefficient (Wildman–Crippen LogP) is 24.6. The van der Waals surface area contributed by atoms with Crippen molar-refractivity contribution < 1.29 is 33.6 Å². The van der Waals surface area contributed by atoms with E-state index in [2.05, 4.69) is 173 Å². The maximum atomic E-state index is 7.57. The van der Waals surface area contributed by atoms with Crippen molar-refractivity contribution in [3.8, 4) is 0 Å². The lowest BCUT2D eigenvalue weighted by atomic mass is 9.96. The minimum absolute atomic E-state index is 0.298. The Morgan fingerprint density at radius 2 is 0.411 bits per heavy atom. The van der Waals surface area contributed by atoms with Crippen LogP contribution in [0.25, 0.3) is 162 Å². The molecular formula is C87H80N8. The number of hydrogen-bond acceptors (Lipinski definition) is 8. The third kappa shape index (κ3) is 10.5. The maximum Gasteiger partial charge on any atom is 0.0802 e. The zero-order valence-electron chi connectivity index (χ0n) is 74.7. The molecule has 0 fully saturated rings. The number of fused-ring (bicyclic) bond motifs is 30. The molecule has 0 aliphatic rings. The Hall–Kier alpha value is -12.3. The molecule has 0 amide bonds. The van der Waals surface area contributed by atoms with Crippen LogP contribution in [-0.2, 0) is 0 Å². The van der Waals surface area contributed by atoms with E-state index in [4.69, 9.17) is 33.6 Å². The molecule has 8 aromatic heterocycles. The molecule has 0 aliphatic heterocycles. The average Bonchev–Trinajstić information content (AvgIpc) is 0.776. The van der Waals surface area contributed by atoms with Gasteiger partial charge in [0.15, 0.2) is 0 Å². The lowest BCUT2D eigenvalue weighted by Gasteiger charge is -2.09. The lowest BCUT2D eigenvalue weighted by molar-refractivity contribution is 1.35. The number of aryl methyl sites for hydroxylation is 5. The molecular weight excluding hydrogens is 1160 g/mol. The largest absolute Gasteiger partial charge is 0.264 e. The molecule has 0 atom stereocenters. The van der Waals surface area contributed by atoms with Crippen molar-refractivity contribution in [1.82, 2.24) is 39.9 Å². The fourth-order valence-corrected chi connectivity index (χ4v) is 13.8. The van der Waals surface area contributed by atoms with Crippen LogP contribution in [-0.4, -0.2) is 39.9 Å². The Balaban J connectivity index is 0.000000194. The van der Waals surface area contributed by atoms with Gasteiger partial charge in [-0.05, 0) is 175 Å². The van der Waals surface area contributed by atoms with Crippen LogP contribution in [0.2, 0.25) is 0 Å². The molecule has 0 N–H and O–H groups in total. The first-order valence-corrected chi connectivity index (χ1v) is 31.3. The van der Waals surface area contributed by atoms with Crippen molar-refractivity contribution in [1.29, 1.82) is 0 Å². The van der Waals surface area contributed by atoms with Gasteiger partial charge in [-0.1, -0.05) is 186 Å². The Morgan fingerprint density at radius 3 is 0.758 bits per heavy atom. The van der Waals surface area contributed by atoms with E-state index < -0.39 is 0 Å². The second-order valence-corrected chi connectivity index (χ2v) is 23.8. The van der Waals surface area contributed by atoms with Gasteiger partial charge in [0.05, 0.1) is 16.6 Å². The Kier molecular flexibility index (Phi) is 11.4. The highest BCUT2D eigenvalue weighted by molar-refractivity contribution is 6.28. The van der Waals surface area contributed by atoms with Gasteiger partial charge in [-0.15, -0.1) is 0 Å². The molecule has 0 saturated heterocycles. The number of hydrogen-bond donors (Lipinski definition) is 0. The fraction of sp³-hybridized carbons (Fsp3) is 0.0575. The van der Waals surface area contributed by atoms with Gasteiger partial charge in [0, 0.05) is 168 Å². The van der Waals surface area contributed by atoms with Gasteiger partial charge in [-0.3, -0.25) is 39.9 Å². The molecule has 0 bridgehead atoms. The molecule has 8 nitrogen and oxygen atoms in total. The highest BCUT2D eigenvalue weighted by Crippen LogP contribution is 2.39. The molecule has 12 aromatic carbocycles. The van der Waals surface area contributed by atoms with Gasteiger partial charge in [-0.25, -0.2) is 0 Å². The standard InChI is InChI=1S/2C18H13N.3C17H12N2.9H2/c2*1-12-8-9-14-13-5-2-3-6-15(13)18-16(17(14)11-12)7-4-10-19-18;1-11-2-3-12-13-4-6-18-9-16(13)14-5-7-19-10-17(14)15(12)8-11;1-11-2-3-12-13-4-6-18-9-16(13)17-10-19-7-5-14(17)15(12)8-11;1-11-4-5-12-13-6-8-18-10-16(13)17-14(15(12)9-11)3-2-7-19-17;;;;;;;;;/h2*2-11H,1H3;3*2-10H,1H3;9*1H/i5*1D;9*1+1D. The number of benzene rings is 12. The maximum absolute atomic E-state index is 7.57. The van der Waals surface area contributed by atoms with Crippen LogP contribution in [0.1, 0.15) is 61.4 Å². The molecule has 20 rings (SSSR count). The van der Waals surface area contributed by atoms with Crippen LogP contribution in [0, 0.1) is 34.5 Å². The topological polar surface area (TPSA) is 103 Å². The molecule has 20 aromatic rings. The predicted molar refractivity (Wildman–Crippen MR) is 420 cm³/mol. The molecule has 0 aliphatic carbocycles. The average molecular weight is 1260 g/mol. The zero-order valence-corrected chi connectivity index (χ0v) is 51.7. The Labute approximate surface area is 582 Å². The SMILES string of the molecule is [2H]Cc1ccc2c(c1)c1cccnc1c1cnccc21.[2H]Cc1ccc2c3ccccc3c3ncccc3c2c1.[2H]Cc1ccc2c3ccccc3c3ncccc3c2c1.[2H]Cc1ccc2c3ccncc3c3ccncc3c2c1.[2H]Cc1ccc2c3ccncc3c3cnccc3c2c1.[2H][2H].[2H][2H].[2H][2H].[2H][2H].[2H][2H].[2H][2H].[2H][2H].[2H][2H].[2H][2H]. The summed E-state index contributed by atoms with van der Waals surface area (Å²) in [6.45, 7) is 1.52. The summed E-state index contributed by atoms with van der Waals surface area (Å²) in [5, 5.41) is 31.7. The number of aromatic nitrogens is 8. The second-order valence-electron chi connectivity index (χ2n) is 23.8. The molecule has 8 heteroatoms. The number of pyridine rings is 8. The summed E-state index contributed by atoms with van der Waals surface area (Å²) in [6, 6.07) is 70.6. The van der Waals surface area contributed by atoms with Gasteiger partial charge >= 0.3 is 0 Å². The van der Waals surface area contributed by atoms with E-state index in [1.807, 2.05) is 153 Å². The van der Waals surface area contributed by atoms with Gasteiger partial charge in [0.25, 0.3) is 0 Å². The van der Waals surface area contributed by atoms with E-state index in [1.54, 1.807) is 0 Å². The summed E-state index contributed by atoms with van der Waals surface area (Å²) < 4.78 is 128. The van der Waals surface area contributed by atoms with Crippen LogP contribution < -0.4 is 0 Å². The van der Waals surface area contributed by atoms with Crippen molar-refractivity contribution in [2.45, 2.75) is 34.5 Å². The van der Waals surface area contributed by atoms with Gasteiger partial charge in [0.2, 0.25) is 0 Å². The molecule has 8 heterocycles. The summed E-state index contributed by atoms with van der Waals surface area (Å²) in [4.78, 5) is 34.9. The van der Waals surface area contributed by atoms with Crippen molar-refractivity contribution in [3.63, 3.8) is 0 Å². The first-order valence-electron chi connectivity index (χ1n) is 43.8. The van der Waals surface area contributed by atoms with Gasteiger partial charge in [-0.2, -0.15) is 0 Å². The molecule has 0 radical (unpaired) electrons. The molecule has 95 heavy (non-hydrogen) atoms. The highest BCUT2D eigenvalue weighted by Gasteiger charge is 2.14. The fourth-order valence-electron chi connectivity index (χ4n) is 13.8. The van der Waals surface area contributed by atoms with Crippen LogP contribution in [0.15, 0.2) is 287 Å². The van der Waals surface area contributed by atoms with Crippen LogP contribution in [0.3, 0.4) is 0 Å². The minimum atomic E-state index is 0.298. The lowest BCUT2D eigenvalue weighted by Crippen LogP contribution is -1.87. The third-order valence-corrected chi connectivity index (χ3v) is 18.0. The third-order valence-electron chi connectivity index (χ3n) is 18.0. The first-order chi connectivity index (χ1) is 58.4. The molecule has 0 spiro atoms. The van der Waals surface area contributed by atoms with E-state index in [9.17, 15) is 0 Å². The summed E-state index contributed by atoms with van der Waals surface area (Å²) in [6.07, 6.45) is 24.1. The summed E-state index contributed by atoms with van der Waals surface area (Å²) in [5.41, 5.74) is 8.22. The monoisotopic (exact) mass is 1260 g/mol.